The minimum atomic E-state index is -0.909. The SMILES string of the molecule is COC(=O)[C@H]1[C@H](C)[C@H]1C(=O)O. The maximum atomic E-state index is 10.8. The van der Waals surface area contributed by atoms with Crippen LogP contribution in [0.15, 0.2) is 0 Å². The van der Waals surface area contributed by atoms with Crippen molar-refractivity contribution in [2.45, 2.75) is 6.92 Å². The van der Waals surface area contributed by atoms with Gasteiger partial charge in [-0.2, -0.15) is 0 Å². The molecule has 62 valence electrons. The van der Waals surface area contributed by atoms with Crippen LogP contribution in [0.4, 0.5) is 0 Å². The summed E-state index contributed by atoms with van der Waals surface area (Å²) < 4.78 is 4.42. The van der Waals surface area contributed by atoms with Crippen LogP contribution in [0.5, 0.6) is 0 Å². The second kappa shape index (κ2) is 2.53. The molecule has 0 aromatic rings. The van der Waals surface area contributed by atoms with Gasteiger partial charge in [-0.3, -0.25) is 9.59 Å². The van der Waals surface area contributed by atoms with Crippen molar-refractivity contribution >= 4 is 11.9 Å². The second-order valence-corrected chi connectivity index (χ2v) is 2.77. The van der Waals surface area contributed by atoms with Crippen molar-refractivity contribution in [1.82, 2.24) is 0 Å². The fourth-order valence-corrected chi connectivity index (χ4v) is 1.34. The molecule has 1 rings (SSSR count). The zero-order valence-electron chi connectivity index (χ0n) is 6.40. The maximum Gasteiger partial charge on any atom is 0.309 e. The van der Waals surface area contributed by atoms with E-state index in [0.717, 1.165) is 0 Å². The van der Waals surface area contributed by atoms with Gasteiger partial charge in [0.25, 0.3) is 0 Å². The topological polar surface area (TPSA) is 63.6 Å². The first kappa shape index (κ1) is 8.04. The quantitative estimate of drug-likeness (QED) is 0.580. The molecule has 4 nitrogen and oxygen atoms in total. The van der Waals surface area contributed by atoms with E-state index in [1.165, 1.54) is 7.11 Å². The molecule has 0 aliphatic heterocycles. The highest BCUT2D eigenvalue weighted by molar-refractivity contribution is 5.87. The molecular formula is C7H10O4. The summed E-state index contributed by atoms with van der Waals surface area (Å²) in [5.74, 6) is -2.34. The monoisotopic (exact) mass is 158 g/mol. The molecule has 0 heterocycles. The molecule has 0 aromatic carbocycles. The zero-order chi connectivity index (χ0) is 8.59. The zero-order valence-corrected chi connectivity index (χ0v) is 6.40. The van der Waals surface area contributed by atoms with Gasteiger partial charge in [-0.05, 0) is 5.92 Å². The van der Waals surface area contributed by atoms with Gasteiger partial charge in [-0.1, -0.05) is 6.92 Å². The lowest BCUT2D eigenvalue weighted by Gasteiger charge is -1.93. The van der Waals surface area contributed by atoms with Crippen LogP contribution < -0.4 is 0 Å². The lowest BCUT2D eigenvalue weighted by atomic mass is 10.3. The number of carbonyl (C=O) groups is 2. The second-order valence-electron chi connectivity index (χ2n) is 2.77. The lowest BCUT2D eigenvalue weighted by molar-refractivity contribution is -0.146. The third-order valence-electron chi connectivity index (χ3n) is 2.14. The average molecular weight is 158 g/mol. The summed E-state index contributed by atoms with van der Waals surface area (Å²) in [6.45, 7) is 1.74. The first-order valence-corrected chi connectivity index (χ1v) is 3.40. The normalized spacial score (nSPS) is 34.5. The van der Waals surface area contributed by atoms with E-state index in [-0.39, 0.29) is 5.92 Å². The Hall–Kier alpha value is -1.06. The summed E-state index contributed by atoms with van der Waals surface area (Å²) in [6, 6.07) is 0. The highest BCUT2D eigenvalue weighted by atomic mass is 16.5. The van der Waals surface area contributed by atoms with E-state index in [4.69, 9.17) is 5.11 Å². The number of carbonyl (C=O) groups excluding carboxylic acids is 1. The molecule has 0 aromatic heterocycles. The third-order valence-corrected chi connectivity index (χ3v) is 2.14. The summed E-state index contributed by atoms with van der Waals surface area (Å²) in [7, 11) is 1.27. The fraction of sp³-hybridized carbons (Fsp3) is 0.714. The van der Waals surface area contributed by atoms with Gasteiger partial charge in [0, 0.05) is 0 Å². The van der Waals surface area contributed by atoms with E-state index in [9.17, 15) is 9.59 Å². The highest BCUT2D eigenvalue weighted by Gasteiger charge is 2.57. The molecule has 0 spiro atoms. The number of esters is 1. The van der Waals surface area contributed by atoms with Crippen molar-refractivity contribution in [3.05, 3.63) is 0 Å². The average Bonchev–Trinajstić information content (AvgIpc) is 2.60. The Bertz CT molecular complexity index is 199. The lowest BCUT2D eigenvalue weighted by Crippen LogP contribution is -2.08. The Kier molecular flexibility index (Phi) is 1.85. The molecule has 11 heavy (non-hydrogen) atoms. The predicted octanol–water partition coefficient (Wildman–Crippen LogP) is 0.126. The predicted molar refractivity (Wildman–Crippen MR) is 35.8 cm³/mol. The van der Waals surface area contributed by atoms with Gasteiger partial charge in [0.15, 0.2) is 0 Å². The molecule has 0 amide bonds. The molecule has 1 N–H and O–H groups in total. The number of carboxylic acid groups (broad SMARTS) is 1. The van der Waals surface area contributed by atoms with Gasteiger partial charge in [-0.25, -0.2) is 0 Å². The molecule has 0 radical (unpaired) electrons. The summed E-state index contributed by atoms with van der Waals surface area (Å²) in [5.41, 5.74) is 0. The Labute approximate surface area is 64.2 Å². The fourth-order valence-electron chi connectivity index (χ4n) is 1.34. The molecule has 0 bridgehead atoms. The van der Waals surface area contributed by atoms with Crippen LogP contribution in [0.2, 0.25) is 0 Å². The van der Waals surface area contributed by atoms with Crippen LogP contribution in [0, 0.1) is 17.8 Å². The van der Waals surface area contributed by atoms with E-state index in [1.54, 1.807) is 6.92 Å². The van der Waals surface area contributed by atoms with Crippen molar-refractivity contribution in [2.24, 2.45) is 17.8 Å². The molecular weight excluding hydrogens is 148 g/mol. The Morgan fingerprint density at radius 3 is 2.18 bits per heavy atom. The van der Waals surface area contributed by atoms with Gasteiger partial charge in [0.1, 0.15) is 0 Å². The minimum absolute atomic E-state index is 0.0695. The van der Waals surface area contributed by atoms with E-state index < -0.39 is 23.8 Å². The van der Waals surface area contributed by atoms with Gasteiger partial charge in [0.05, 0.1) is 18.9 Å². The standard InChI is InChI=1S/C7H10O4/c1-3-4(6(8)9)5(3)7(10)11-2/h3-5H,1-2H3,(H,8,9)/t3-,4-,5+/m1/s1. The number of methoxy groups -OCH3 is 1. The summed E-state index contributed by atoms with van der Waals surface area (Å²) in [5, 5.41) is 8.53. The highest BCUT2D eigenvalue weighted by Crippen LogP contribution is 2.46. The van der Waals surface area contributed by atoms with E-state index in [1.807, 2.05) is 0 Å². The first-order chi connectivity index (χ1) is 5.09. The Balaban J connectivity index is 2.54. The smallest absolute Gasteiger partial charge is 0.309 e. The van der Waals surface area contributed by atoms with Crippen LogP contribution in [0.1, 0.15) is 6.92 Å². The van der Waals surface area contributed by atoms with Gasteiger partial charge >= 0.3 is 11.9 Å². The van der Waals surface area contributed by atoms with Crippen molar-refractivity contribution in [3.8, 4) is 0 Å². The van der Waals surface area contributed by atoms with Gasteiger partial charge < -0.3 is 9.84 Å². The van der Waals surface area contributed by atoms with Crippen LogP contribution in [0.3, 0.4) is 0 Å². The molecule has 0 unspecified atom stereocenters. The maximum absolute atomic E-state index is 10.8. The van der Waals surface area contributed by atoms with Crippen molar-refractivity contribution in [2.75, 3.05) is 7.11 Å². The summed E-state index contributed by atoms with van der Waals surface area (Å²) in [6.07, 6.45) is 0. The van der Waals surface area contributed by atoms with E-state index in [2.05, 4.69) is 4.74 Å². The summed E-state index contributed by atoms with van der Waals surface area (Å²) >= 11 is 0. The van der Waals surface area contributed by atoms with Crippen LogP contribution >= 0.6 is 0 Å². The molecule has 1 aliphatic carbocycles. The number of ether oxygens (including phenoxy) is 1. The molecule has 3 atom stereocenters. The van der Waals surface area contributed by atoms with Gasteiger partial charge in [-0.15, -0.1) is 0 Å². The number of rotatable bonds is 2. The van der Waals surface area contributed by atoms with Gasteiger partial charge in [0.2, 0.25) is 0 Å². The molecule has 1 fully saturated rings. The van der Waals surface area contributed by atoms with Crippen molar-refractivity contribution in [3.63, 3.8) is 0 Å². The van der Waals surface area contributed by atoms with Crippen molar-refractivity contribution < 1.29 is 19.4 Å². The molecule has 1 aliphatic rings. The largest absolute Gasteiger partial charge is 0.481 e. The van der Waals surface area contributed by atoms with E-state index >= 15 is 0 Å². The van der Waals surface area contributed by atoms with Crippen molar-refractivity contribution in [1.29, 1.82) is 0 Å². The third kappa shape index (κ3) is 1.20. The first-order valence-electron chi connectivity index (χ1n) is 3.40. The number of carboxylic acids is 1. The molecule has 1 saturated carbocycles. The minimum Gasteiger partial charge on any atom is -0.481 e. The number of hydrogen-bond donors (Lipinski definition) is 1. The Morgan fingerprint density at radius 1 is 1.36 bits per heavy atom. The van der Waals surface area contributed by atoms with E-state index in [0.29, 0.717) is 0 Å². The molecule has 0 saturated heterocycles. The Morgan fingerprint density at radius 2 is 1.91 bits per heavy atom. The molecule has 4 heteroatoms. The van der Waals surface area contributed by atoms with Crippen LogP contribution in [0.25, 0.3) is 0 Å². The van der Waals surface area contributed by atoms with Crippen LogP contribution in [-0.2, 0) is 14.3 Å². The van der Waals surface area contributed by atoms with Crippen LogP contribution in [-0.4, -0.2) is 24.2 Å². The number of aliphatic carboxylic acids is 1. The summed E-state index contributed by atoms with van der Waals surface area (Å²) in [4.78, 5) is 21.2. The number of hydrogen-bond acceptors (Lipinski definition) is 3.